The van der Waals surface area contributed by atoms with Crippen LogP contribution in [0.4, 0.5) is 0 Å². The number of likely N-dealkylation sites (tertiary alicyclic amines) is 1. The normalized spacial score (nSPS) is 21.8. The SMILES string of the molecule is CCCC1(CCC)Oc2ccc(C3CCC(CCc4ccc(C)cc4)N3CO)cc2S1.Cl. The Bertz CT molecular complexity index is 866. The molecule has 3 nitrogen and oxygen atoms in total. The molecule has 176 valence electrons. The predicted molar refractivity (Wildman–Crippen MR) is 137 cm³/mol. The zero-order valence-corrected chi connectivity index (χ0v) is 21.3. The van der Waals surface area contributed by atoms with Crippen LogP contribution in [0.2, 0.25) is 0 Å². The number of aliphatic hydroxyl groups is 1. The fourth-order valence-electron chi connectivity index (χ4n) is 5.32. The van der Waals surface area contributed by atoms with Crippen molar-refractivity contribution in [1.82, 2.24) is 4.90 Å². The molecule has 2 atom stereocenters. The van der Waals surface area contributed by atoms with Crippen molar-refractivity contribution in [2.75, 3.05) is 6.73 Å². The maximum atomic E-state index is 10.2. The molecule has 0 spiro atoms. The fourth-order valence-corrected chi connectivity index (χ4v) is 6.87. The van der Waals surface area contributed by atoms with Crippen molar-refractivity contribution >= 4 is 24.2 Å². The largest absolute Gasteiger partial charge is 0.475 e. The molecule has 0 saturated carbocycles. The van der Waals surface area contributed by atoms with Gasteiger partial charge in [0, 0.05) is 12.1 Å². The third kappa shape index (κ3) is 5.47. The van der Waals surface area contributed by atoms with Gasteiger partial charge in [0.1, 0.15) is 5.75 Å². The lowest BCUT2D eigenvalue weighted by atomic mass is 10.0. The lowest BCUT2D eigenvalue weighted by Crippen LogP contribution is -2.32. The molecular weight excluding hydrogens is 438 g/mol. The van der Waals surface area contributed by atoms with Gasteiger partial charge in [-0.25, -0.2) is 0 Å². The van der Waals surface area contributed by atoms with Gasteiger partial charge in [0.2, 0.25) is 0 Å². The quantitative estimate of drug-likeness (QED) is 0.412. The van der Waals surface area contributed by atoms with Crippen molar-refractivity contribution in [2.45, 2.75) is 94.1 Å². The molecule has 2 aliphatic rings. The molecule has 4 rings (SSSR count). The van der Waals surface area contributed by atoms with Gasteiger partial charge in [-0.05, 0) is 68.7 Å². The molecule has 1 N–H and O–H groups in total. The molecule has 0 aromatic heterocycles. The van der Waals surface area contributed by atoms with Crippen LogP contribution >= 0.6 is 24.2 Å². The number of thioether (sulfide) groups is 1. The Labute approximate surface area is 204 Å². The molecule has 2 unspecified atom stereocenters. The first-order chi connectivity index (χ1) is 15.1. The van der Waals surface area contributed by atoms with Crippen molar-refractivity contribution in [1.29, 1.82) is 0 Å². The summed E-state index contributed by atoms with van der Waals surface area (Å²) in [5, 5.41) is 10.2. The summed E-state index contributed by atoms with van der Waals surface area (Å²) < 4.78 is 6.46. The van der Waals surface area contributed by atoms with Gasteiger partial charge >= 0.3 is 0 Å². The van der Waals surface area contributed by atoms with Crippen LogP contribution < -0.4 is 4.74 Å². The van der Waals surface area contributed by atoms with E-state index in [1.165, 1.54) is 21.6 Å². The second kappa shape index (κ2) is 11.3. The minimum Gasteiger partial charge on any atom is -0.475 e. The van der Waals surface area contributed by atoms with E-state index in [9.17, 15) is 5.11 Å². The minimum atomic E-state index is -0.0899. The van der Waals surface area contributed by atoms with Crippen LogP contribution in [0.15, 0.2) is 47.4 Å². The Morgan fingerprint density at radius 2 is 1.78 bits per heavy atom. The smallest absolute Gasteiger partial charge is 0.159 e. The number of aryl methyl sites for hydroxylation is 2. The van der Waals surface area contributed by atoms with Crippen LogP contribution in [0, 0.1) is 6.92 Å². The molecule has 32 heavy (non-hydrogen) atoms. The molecule has 2 aliphatic heterocycles. The first-order valence-electron chi connectivity index (χ1n) is 12.0. The van der Waals surface area contributed by atoms with E-state index in [1.54, 1.807) is 0 Å². The lowest BCUT2D eigenvalue weighted by molar-refractivity contribution is 0.0596. The molecule has 5 heteroatoms. The van der Waals surface area contributed by atoms with Gasteiger partial charge in [-0.2, -0.15) is 0 Å². The van der Waals surface area contributed by atoms with E-state index in [-0.39, 0.29) is 24.1 Å². The number of rotatable bonds is 9. The zero-order valence-electron chi connectivity index (χ0n) is 19.7. The Balaban J connectivity index is 0.00000289. The Kier molecular flexibility index (Phi) is 8.97. The molecule has 1 saturated heterocycles. The second-order valence-electron chi connectivity index (χ2n) is 9.25. The fraction of sp³-hybridized carbons (Fsp3) is 0.556. The summed E-state index contributed by atoms with van der Waals surface area (Å²) in [5.74, 6) is 1.04. The number of fused-ring (bicyclic) bond motifs is 1. The van der Waals surface area contributed by atoms with Gasteiger partial charge in [0.05, 0.1) is 11.6 Å². The lowest BCUT2D eigenvalue weighted by Gasteiger charge is -2.28. The molecule has 0 bridgehead atoms. The Morgan fingerprint density at radius 1 is 1.06 bits per heavy atom. The number of aliphatic hydroxyl groups excluding tert-OH is 1. The standard InChI is InChI=1S/C27H37NO2S.ClH/c1-4-16-27(17-5-2)30-25-15-11-22(18-26(25)31-27)24-14-13-23(28(24)19-29)12-10-21-8-6-20(3)7-9-21;/h6-9,11,15,18,23-24,29H,4-5,10,12-14,16-17,19H2,1-3H3;1H. The van der Waals surface area contributed by atoms with E-state index in [1.807, 2.05) is 11.8 Å². The van der Waals surface area contributed by atoms with Gasteiger partial charge < -0.3 is 9.84 Å². The third-order valence-electron chi connectivity index (χ3n) is 6.90. The first kappa shape index (κ1) is 25.4. The Morgan fingerprint density at radius 3 is 2.44 bits per heavy atom. The van der Waals surface area contributed by atoms with E-state index < -0.39 is 0 Å². The monoisotopic (exact) mass is 475 g/mol. The maximum absolute atomic E-state index is 10.2. The van der Waals surface area contributed by atoms with Crippen LogP contribution in [0.1, 0.15) is 81.5 Å². The van der Waals surface area contributed by atoms with Gasteiger partial charge in [0.25, 0.3) is 0 Å². The molecular formula is C27H38ClNO2S. The van der Waals surface area contributed by atoms with Crippen LogP contribution in [-0.2, 0) is 6.42 Å². The van der Waals surface area contributed by atoms with Gasteiger partial charge in [-0.3, -0.25) is 4.90 Å². The summed E-state index contributed by atoms with van der Waals surface area (Å²) in [7, 11) is 0. The summed E-state index contributed by atoms with van der Waals surface area (Å²) in [6.45, 7) is 6.74. The van der Waals surface area contributed by atoms with Crippen molar-refractivity contribution in [3.63, 3.8) is 0 Å². The van der Waals surface area contributed by atoms with Crippen LogP contribution in [-0.4, -0.2) is 27.7 Å². The highest BCUT2D eigenvalue weighted by Gasteiger charge is 2.40. The Hall–Kier alpha value is -1.20. The molecule has 2 aromatic rings. The predicted octanol–water partition coefficient (Wildman–Crippen LogP) is 7.29. The molecule has 2 aromatic carbocycles. The van der Waals surface area contributed by atoms with Crippen LogP contribution in [0.25, 0.3) is 0 Å². The van der Waals surface area contributed by atoms with Gasteiger partial charge in [-0.15, -0.1) is 12.4 Å². The second-order valence-corrected chi connectivity index (χ2v) is 10.6. The highest BCUT2D eigenvalue weighted by atomic mass is 35.5. The van der Waals surface area contributed by atoms with E-state index in [0.29, 0.717) is 12.1 Å². The molecule has 2 heterocycles. The minimum absolute atomic E-state index is 0. The molecule has 0 radical (unpaired) electrons. The van der Waals surface area contributed by atoms with Crippen molar-refractivity contribution in [2.24, 2.45) is 0 Å². The van der Waals surface area contributed by atoms with Crippen molar-refractivity contribution in [3.05, 3.63) is 59.2 Å². The highest BCUT2D eigenvalue weighted by Crippen LogP contribution is 2.53. The number of halogens is 1. The number of hydrogen-bond donors (Lipinski definition) is 1. The van der Waals surface area contributed by atoms with Crippen molar-refractivity contribution in [3.8, 4) is 5.75 Å². The van der Waals surface area contributed by atoms with E-state index in [4.69, 9.17) is 4.74 Å². The summed E-state index contributed by atoms with van der Waals surface area (Å²) in [6.07, 6.45) is 8.87. The van der Waals surface area contributed by atoms with E-state index in [2.05, 4.69) is 68.1 Å². The molecule has 1 fully saturated rings. The number of hydrogen-bond acceptors (Lipinski definition) is 4. The number of ether oxygens (including phenoxy) is 1. The van der Waals surface area contributed by atoms with E-state index >= 15 is 0 Å². The third-order valence-corrected chi connectivity index (χ3v) is 8.30. The highest BCUT2D eigenvalue weighted by molar-refractivity contribution is 8.00. The summed E-state index contributed by atoms with van der Waals surface area (Å²) in [6, 6.07) is 16.3. The summed E-state index contributed by atoms with van der Waals surface area (Å²) in [4.78, 5) is 3.50. The molecule has 0 aliphatic carbocycles. The maximum Gasteiger partial charge on any atom is 0.159 e. The average Bonchev–Trinajstić information content (AvgIpc) is 3.33. The number of benzene rings is 2. The summed E-state index contributed by atoms with van der Waals surface area (Å²) in [5.41, 5.74) is 4.02. The van der Waals surface area contributed by atoms with Gasteiger partial charge in [-0.1, -0.05) is 74.3 Å². The van der Waals surface area contributed by atoms with Crippen LogP contribution in [0.3, 0.4) is 0 Å². The molecule has 0 amide bonds. The summed E-state index contributed by atoms with van der Waals surface area (Å²) >= 11 is 1.92. The average molecular weight is 476 g/mol. The topological polar surface area (TPSA) is 32.7 Å². The number of nitrogens with zero attached hydrogens (tertiary/aromatic N) is 1. The van der Waals surface area contributed by atoms with Gasteiger partial charge in [0.15, 0.2) is 4.93 Å². The van der Waals surface area contributed by atoms with E-state index in [0.717, 1.165) is 57.1 Å². The van der Waals surface area contributed by atoms with Crippen LogP contribution in [0.5, 0.6) is 5.75 Å². The zero-order chi connectivity index (χ0) is 21.8. The first-order valence-corrected chi connectivity index (χ1v) is 12.8. The van der Waals surface area contributed by atoms with Crippen molar-refractivity contribution < 1.29 is 9.84 Å².